The van der Waals surface area contributed by atoms with Gasteiger partial charge in [-0.2, -0.15) is 0 Å². The fourth-order valence-corrected chi connectivity index (χ4v) is 2.79. The summed E-state index contributed by atoms with van der Waals surface area (Å²) in [4.78, 5) is 10.3. The van der Waals surface area contributed by atoms with E-state index in [0.29, 0.717) is 18.8 Å². The summed E-state index contributed by atoms with van der Waals surface area (Å²) in [6, 6.07) is -0.326. The Labute approximate surface area is 97.3 Å². The fourth-order valence-electron chi connectivity index (χ4n) is 1.16. The summed E-state index contributed by atoms with van der Waals surface area (Å²) in [5.74, 6) is -0.471. The van der Waals surface area contributed by atoms with Crippen molar-refractivity contribution in [1.82, 2.24) is 4.72 Å². The van der Waals surface area contributed by atoms with Gasteiger partial charge in [-0.15, -0.1) is 0 Å². The Hall–Kier alpha value is -0.620. The van der Waals surface area contributed by atoms with E-state index in [9.17, 15) is 13.2 Å². The summed E-state index contributed by atoms with van der Waals surface area (Å²) in [5.41, 5.74) is 0. The number of hydrogen-bond donors (Lipinski definition) is 2. The first-order valence-electron chi connectivity index (χ1n) is 5.44. The quantitative estimate of drug-likeness (QED) is 0.679. The van der Waals surface area contributed by atoms with Gasteiger partial charge in [0.1, 0.15) is 0 Å². The molecular weight excluding hydrogens is 230 g/mol. The monoisotopic (exact) mass is 251 g/mol. The number of carbonyl (C=O) groups is 1. The van der Waals surface area contributed by atoms with Gasteiger partial charge in [-0.1, -0.05) is 13.8 Å². The predicted molar refractivity (Wildman–Crippen MR) is 62.7 cm³/mol. The zero-order chi connectivity index (χ0) is 12.8. The summed E-state index contributed by atoms with van der Waals surface area (Å²) in [7, 11) is -3.27. The summed E-state index contributed by atoms with van der Waals surface area (Å²) >= 11 is 0. The smallest absolute Gasteiger partial charge is 0.303 e. The minimum Gasteiger partial charge on any atom is -0.481 e. The molecule has 96 valence electrons. The molecule has 0 aliphatic heterocycles. The van der Waals surface area contributed by atoms with Crippen molar-refractivity contribution in [1.29, 1.82) is 0 Å². The molecule has 0 aromatic carbocycles. The maximum absolute atomic E-state index is 11.5. The molecule has 0 saturated carbocycles. The van der Waals surface area contributed by atoms with Crippen LogP contribution in [0.5, 0.6) is 0 Å². The Bertz CT molecular complexity index is 311. The van der Waals surface area contributed by atoms with E-state index in [2.05, 4.69) is 4.72 Å². The summed E-state index contributed by atoms with van der Waals surface area (Å²) in [5, 5.41) is 8.46. The van der Waals surface area contributed by atoms with Gasteiger partial charge in [-0.3, -0.25) is 4.79 Å². The lowest BCUT2D eigenvalue weighted by Gasteiger charge is -2.13. The lowest BCUT2D eigenvalue weighted by atomic mass is 10.2. The van der Waals surface area contributed by atoms with Gasteiger partial charge in [0.25, 0.3) is 0 Å². The highest BCUT2D eigenvalue weighted by Crippen LogP contribution is 2.04. The van der Waals surface area contributed by atoms with Crippen LogP contribution in [-0.2, 0) is 14.8 Å². The SMILES string of the molecule is CC(C)CCS(=O)(=O)NC(C)CCC(=O)O. The summed E-state index contributed by atoms with van der Waals surface area (Å²) in [6.07, 6.45) is 0.908. The number of aliphatic carboxylic acids is 1. The first-order valence-corrected chi connectivity index (χ1v) is 7.10. The Balaban J connectivity index is 4.00. The van der Waals surface area contributed by atoms with E-state index in [1.54, 1.807) is 6.92 Å². The Morgan fingerprint density at radius 2 is 1.81 bits per heavy atom. The molecule has 0 fully saturated rings. The van der Waals surface area contributed by atoms with Crippen LogP contribution in [0.15, 0.2) is 0 Å². The van der Waals surface area contributed by atoms with E-state index >= 15 is 0 Å². The molecule has 1 unspecified atom stereocenters. The highest BCUT2D eigenvalue weighted by Gasteiger charge is 2.15. The first-order chi connectivity index (χ1) is 7.23. The molecule has 6 heteroatoms. The lowest BCUT2D eigenvalue weighted by molar-refractivity contribution is -0.137. The van der Waals surface area contributed by atoms with Crippen molar-refractivity contribution in [2.75, 3.05) is 5.75 Å². The van der Waals surface area contributed by atoms with E-state index in [4.69, 9.17) is 5.11 Å². The van der Waals surface area contributed by atoms with Crippen LogP contribution in [0, 0.1) is 5.92 Å². The second-order valence-corrected chi connectivity index (χ2v) is 6.33. The van der Waals surface area contributed by atoms with Gasteiger partial charge in [0.15, 0.2) is 0 Å². The van der Waals surface area contributed by atoms with Crippen molar-refractivity contribution < 1.29 is 18.3 Å². The number of rotatable bonds is 8. The number of sulfonamides is 1. The zero-order valence-electron chi connectivity index (χ0n) is 10.1. The standard InChI is InChI=1S/C10H21NO4S/c1-8(2)6-7-16(14,15)11-9(3)4-5-10(12)13/h8-9,11H,4-7H2,1-3H3,(H,12,13). The largest absolute Gasteiger partial charge is 0.481 e. The van der Waals surface area contributed by atoms with Crippen molar-refractivity contribution >= 4 is 16.0 Å². The summed E-state index contributed by atoms with van der Waals surface area (Å²) in [6.45, 7) is 5.60. The molecule has 0 radical (unpaired) electrons. The van der Waals surface area contributed by atoms with Crippen LogP contribution in [0.25, 0.3) is 0 Å². The second kappa shape index (κ2) is 6.85. The molecule has 0 spiro atoms. The second-order valence-electron chi connectivity index (χ2n) is 4.45. The predicted octanol–water partition coefficient (Wildman–Crippen LogP) is 1.21. The third-order valence-electron chi connectivity index (χ3n) is 2.14. The van der Waals surface area contributed by atoms with Crippen LogP contribution in [0.4, 0.5) is 0 Å². The third kappa shape index (κ3) is 8.67. The number of nitrogens with one attached hydrogen (secondary N) is 1. The van der Waals surface area contributed by atoms with E-state index < -0.39 is 16.0 Å². The van der Waals surface area contributed by atoms with E-state index in [0.717, 1.165) is 0 Å². The van der Waals surface area contributed by atoms with Crippen LogP contribution in [0.2, 0.25) is 0 Å². The zero-order valence-corrected chi connectivity index (χ0v) is 10.9. The van der Waals surface area contributed by atoms with Gasteiger partial charge < -0.3 is 5.11 Å². The molecule has 0 heterocycles. The van der Waals surface area contributed by atoms with Crippen molar-refractivity contribution in [3.8, 4) is 0 Å². The topological polar surface area (TPSA) is 83.5 Å². The van der Waals surface area contributed by atoms with Crippen LogP contribution < -0.4 is 4.72 Å². The molecule has 1 atom stereocenters. The van der Waals surface area contributed by atoms with Crippen molar-refractivity contribution in [3.63, 3.8) is 0 Å². The Morgan fingerprint density at radius 1 is 1.25 bits per heavy atom. The minimum absolute atomic E-state index is 0.0200. The molecule has 0 rings (SSSR count). The highest BCUT2D eigenvalue weighted by molar-refractivity contribution is 7.89. The Kier molecular flexibility index (Phi) is 6.59. The van der Waals surface area contributed by atoms with Crippen molar-refractivity contribution in [3.05, 3.63) is 0 Å². The number of carboxylic acids is 1. The third-order valence-corrected chi connectivity index (χ3v) is 3.67. The molecule has 16 heavy (non-hydrogen) atoms. The minimum atomic E-state index is -3.27. The molecule has 0 aliphatic carbocycles. The molecule has 0 bridgehead atoms. The van der Waals surface area contributed by atoms with Gasteiger partial charge in [0.05, 0.1) is 5.75 Å². The maximum Gasteiger partial charge on any atom is 0.303 e. The van der Waals surface area contributed by atoms with Gasteiger partial charge in [-0.05, 0) is 25.7 Å². The van der Waals surface area contributed by atoms with E-state index in [-0.39, 0.29) is 18.2 Å². The molecule has 0 aromatic heterocycles. The van der Waals surface area contributed by atoms with Crippen LogP contribution >= 0.6 is 0 Å². The molecule has 2 N–H and O–H groups in total. The first kappa shape index (κ1) is 15.4. The van der Waals surface area contributed by atoms with Crippen LogP contribution in [-0.4, -0.2) is 31.3 Å². The van der Waals surface area contributed by atoms with Crippen molar-refractivity contribution in [2.24, 2.45) is 5.92 Å². The van der Waals surface area contributed by atoms with Crippen molar-refractivity contribution in [2.45, 2.75) is 46.1 Å². The molecule has 5 nitrogen and oxygen atoms in total. The fraction of sp³-hybridized carbons (Fsp3) is 0.900. The Morgan fingerprint density at radius 3 is 2.25 bits per heavy atom. The van der Waals surface area contributed by atoms with Crippen LogP contribution in [0.3, 0.4) is 0 Å². The van der Waals surface area contributed by atoms with Crippen LogP contribution in [0.1, 0.15) is 40.0 Å². The van der Waals surface area contributed by atoms with Gasteiger partial charge >= 0.3 is 5.97 Å². The van der Waals surface area contributed by atoms with Gasteiger partial charge in [0, 0.05) is 12.5 Å². The number of hydrogen-bond acceptors (Lipinski definition) is 3. The maximum atomic E-state index is 11.5. The molecule has 0 saturated heterocycles. The molecular formula is C10H21NO4S. The highest BCUT2D eigenvalue weighted by atomic mass is 32.2. The lowest BCUT2D eigenvalue weighted by Crippen LogP contribution is -2.35. The van der Waals surface area contributed by atoms with E-state index in [1.165, 1.54) is 0 Å². The van der Waals surface area contributed by atoms with Gasteiger partial charge in [-0.25, -0.2) is 13.1 Å². The average molecular weight is 251 g/mol. The number of carboxylic acid groups (broad SMARTS) is 1. The van der Waals surface area contributed by atoms with E-state index in [1.807, 2.05) is 13.8 Å². The average Bonchev–Trinajstić information content (AvgIpc) is 2.11. The van der Waals surface area contributed by atoms with Gasteiger partial charge in [0.2, 0.25) is 10.0 Å². The molecule has 0 aliphatic rings. The molecule has 0 amide bonds. The molecule has 0 aromatic rings. The normalized spacial score (nSPS) is 14.0. The summed E-state index contributed by atoms with van der Waals surface area (Å²) < 4.78 is 25.5.